The summed E-state index contributed by atoms with van der Waals surface area (Å²) < 4.78 is 50.3. The predicted molar refractivity (Wildman–Crippen MR) is 122 cm³/mol. The van der Waals surface area contributed by atoms with Crippen molar-refractivity contribution in [3.63, 3.8) is 0 Å². The van der Waals surface area contributed by atoms with Gasteiger partial charge in [-0.15, -0.1) is 11.3 Å². The molecule has 174 valence electrons. The fourth-order valence-electron chi connectivity index (χ4n) is 3.70. The van der Waals surface area contributed by atoms with Crippen LogP contribution in [0.15, 0.2) is 62.9 Å². The summed E-state index contributed by atoms with van der Waals surface area (Å²) in [5.41, 5.74) is 0.435. The number of hydrogen-bond acceptors (Lipinski definition) is 6. The minimum absolute atomic E-state index is 0.190. The lowest BCUT2D eigenvalue weighted by molar-refractivity contribution is -0.136. The molecule has 0 saturated carbocycles. The SMILES string of the molecule is Cc1c(-c2ccc(Oc3ccc4occc4c3)nc2)sc2c1c(=O)[nH]c(=O)n2CCC(F)(F)F. The number of rotatable bonds is 5. The number of alkyl halides is 3. The molecular weight excluding hydrogens is 471 g/mol. The molecule has 11 heteroatoms. The summed E-state index contributed by atoms with van der Waals surface area (Å²) in [5.74, 6) is 0.915. The predicted octanol–water partition coefficient (Wildman–Crippen LogP) is 5.61. The van der Waals surface area contributed by atoms with Crippen LogP contribution in [0.5, 0.6) is 11.6 Å². The number of nitrogens with zero attached hydrogens (tertiary/aromatic N) is 2. The van der Waals surface area contributed by atoms with E-state index in [4.69, 9.17) is 9.15 Å². The maximum absolute atomic E-state index is 12.7. The highest BCUT2D eigenvalue weighted by atomic mass is 32.1. The Kier molecular flexibility index (Phi) is 5.28. The molecule has 0 spiro atoms. The van der Waals surface area contributed by atoms with Gasteiger partial charge in [-0.1, -0.05) is 0 Å². The van der Waals surface area contributed by atoms with Gasteiger partial charge in [0.25, 0.3) is 5.56 Å². The van der Waals surface area contributed by atoms with Gasteiger partial charge in [-0.2, -0.15) is 13.2 Å². The largest absolute Gasteiger partial charge is 0.464 e. The smallest absolute Gasteiger partial charge is 0.390 e. The van der Waals surface area contributed by atoms with Crippen molar-refractivity contribution in [2.75, 3.05) is 0 Å². The molecule has 1 aromatic carbocycles. The van der Waals surface area contributed by atoms with Crippen LogP contribution in [0.3, 0.4) is 0 Å². The average Bonchev–Trinajstić information content (AvgIpc) is 3.37. The molecule has 5 aromatic rings. The van der Waals surface area contributed by atoms with Crippen molar-refractivity contribution < 1.29 is 22.3 Å². The first kappa shape index (κ1) is 22.0. The first-order valence-corrected chi connectivity index (χ1v) is 11.0. The van der Waals surface area contributed by atoms with Crippen molar-refractivity contribution in [3.05, 3.63) is 75.3 Å². The Labute approximate surface area is 193 Å². The van der Waals surface area contributed by atoms with Crippen molar-refractivity contribution in [1.82, 2.24) is 14.5 Å². The minimum atomic E-state index is -4.43. The second kappa shape index (κ2) is 8.17. The molecule has 0 aliphatic heterocycles. The second-order valence-electron chi connectivity index (χ2n) is 7.62. The zero-order chi connectivity index (χ0) is 24.0. The molecule has 5 rings (SSSR count). The quantitative estimate of drug-likeness (QED) is 0.348. The van der Waals surface area contributed by atoms with Gasteiger partial charge in [0, 0.05) is 34.6 Å². The van der Waals surface area contributed by atoms with E-state index in [2.05, 4.69) is 9.97 Å². The zero-order valence-electron chi connectivity index (χ0n) is 17.6. The van der Waals surface area contributed by atoms with Gasteiger partial charge in [-0.05, 0) is 42.8 Å². The van der Waals surface area contributed by atoms with Gasteiger partial charge >= 0.3 is 11.9 Å². The van der Waals surface area contributed by atoms with Crippen LogP contribution in [0.4, 0.5) is 13.2 Å². The number of aromatic amines is 1. The van der Waals surface area contributed by atoms with Crippen LogP contribution in [0.2, 0.25) is 0 Å². The molecule has 0 bridgehead atoms. The number of ether oxygens (including phenoxy) is 1. The Morgan fingerprint density at radius 1 is 1.18 bits per heavy atom. The summed E-state index contributed by atoms with van der Waals surface area (Å²) in [7, 11) is 0. The molecule has 0 radical (unpaired) electrons. The third kappa shape index (κ3) is 4.10. The molecule has 1 N–H and O–H groups in total. The normalized spacial score (nSPS) is 12.0. The zero-order valence-corrected chi connectivity index (χ0v) is 18.4. The maximum Gasteiger partial charge on any atom is 0.390 e. The third-order valence-electron chi connectivity index (χ3n) is 5.33. The van der Waals surface area contributed by atoms with Gasteiger partial charge in [0.15, 0.2) is 0 Å². The number of thiophene rings is 1. The molecule has 0 aliphatic rings. The topological polar surface area (TPSA) is 90.1 Å². The Morgan fingerprint density at radius 3 is 2.74 bits per heavy atom. The highest BCUT2D eigenvalue weighted by Crippen LogP contribution is 2.37. The molecule has 34 heavy (non-hydrogen) atoms. The summed E-state index contributed by atoms with van der Waals surface area (Å²) in [6.07, 6.45) is -2.48. The molecule has 0 atom stereocenters. The Hall–Kier alpha value is -3.86. The minimum Gasteiger partial charge on any atom is -0.464 e. The number of hydrogen-bond donors (Lipinski definition) is 1. The lowest BCUT2D eigenvalue weighted by Gasteiger charge is -2.09. The Balaban J connectivity index is 1.48. The second-order valence-corrected chi connectivity index (χ2v) is 8.62. The van der Waals surface area contributed by atoms with E-state index in [-0.39, 0.29) is 10.2 Å². The summed E-state index contributed by atoms with van der Waals surface area (Å²) in [5, 5.41) is 1.08. The molecule has 4 aromatic heterocycles. The van der Waals surface area contributed by atoms with Crippen molar-refractivity contribution in [2.45, 2.75) is 26.1 Å². The number of furan rings is 1. The maximum atomic E-state index is 12.7. The lowest BCUT2D eigenvalue weighted by Crippen LogP contribution is -2.31. The fraction of sp³-hybridized carbons (Fsp3) is 0.174. The number of pyridine rings is 1. The van der Waals surface area contributed by atoms with E-state index in [1.165, 1.54) is 0 Å². The standard InChI is InChI=1S/C23H16F3N3O4S/c1-12-18-20(30)28-22(31)29(8-7-23(24,25)26)21(18)34-19(12)14-2-5-17(27-11-14)33-15-3-4-16-13(10-15)6-9-32-16/h2-6,9-11H,7-8H2,1H3,(H,28,30,31). The summed E-state index contributed by atoms with van der Waals surface area (Å²) in [6.45, 7) is 1.10. The number of H-pyrrole nitrogens is 1. The molecule has 4 heterocycles. The molecule has 0 amide bonds. The van der Waals surface area contributed by atoms with Crippen LogP contribution in [-0.2, 0) is 6.54 Å². The lowest BCUT2D eigenvalue weighted by atomic mass is 10.1. The van der Waals surface area contributed by atoms with E-state index in [1.54, 1.807) is 43.6 Å². The van der Waals surface area contributed by atoms with Crippen molar-refractivity contribution in [1.29, 1.82) is 0 Å². The highest BCUT2D eigenvalue weighted by molar-refractivity contribution is 7.22. The molecule has 0 saturated heterocycles. The number of halogens is 3. The Bertz CT molecular complexity index is 1630. The number of aromatic nitrogens is 3. The third-order valence-corrected chi connectivity index (χ3v) is 6.69. The molecule has 0 fully saturated rings. The van der Waals surface area contributed by atoms with Gasteiger partial charge < -0.3 is 9.15 Å². The number of nitrogens with one attached hydrogen (secondary N) is 1. The van der Waals surface area contributed by atoms with Crippen LogP contribution in [-0.4, -0.2) is 20.7 Å². The van der Waals surface area contributed by atoms with Gasteiger partial charge in [-0.3, -0.25) is 14.3 Å². The van der Waals surface area contributed by atoms with Crippen LogP contribution < -0.4 is 16.0 Å². The van der Waals surface area contributed by atoms with Crippen LogP contribution >= 0.6 is 11.3 Å². The van der Waals surface area contributed by atoms with Crippen molar-refractivity contribution in [2.24, 2.45) is 0 Å². The van der Waals surface area contributed by atoms with E-state index < -0.39 is 30.4 Å². The van der Waals surface area contributed by atoms with Gasteiger partial charge in [-0.25, -0.2) is 9.78 Å². The molecule has 0 aliphatic carbocycles. The number of benzene rings is 1. The monoisotopic (exact) mass is 487 g/mol. The van der Waals surface area contributed by atoms with Crippen molar-refractivity contribution in [3.8, 4) is 22.1 Å². The first-order chi connectivity index (χ1) is 16.2. The van der Waals surface area contributed by atoms with Crippen LogP contribution in [0.1, 0.15) is 12.0 Å². The molecule has 7 nitrogen and oxygen atoms in total. The van der Waals surface area contributed by atoms with E-state index in [0.29, 0.717) is 27.6 Å². The summed E-state index contributed by atoms with van der Waals surface area (Å²) in [4.78, 5) is 31.9. The van der Waals surface area contributed by atoms with Crippen molar-refractivity contribution >= 4 is 32.5 Å². The first-order valence-electron chi connectivity index (χ1n) is 10.1. The van der Waals surface area contributed by atoms with E-state index in [0.717, 1.165) is 26.9 Å². The van der Waals surface area contributed by atoms with Crippen LogP contribution in [0, 0.1) is 6.92 Å². The fourth-order valence-corrected chi connectivity index (χ4v) is 5.02. The number of fused-ring (bicyclic) bond motifs is 2. The summed E-state index contributed by atoms with van der Waals surface area (Å²) in [6, 6.07) is 10.6. The average molecular weight is 487 g/mol. The highest BCUT2D eigenvalue weighted by Gasteiger charge is 2.28. The molecular formula is C23H16F3N3O4S. The van der Waals surface area contributed by atoms with Gasteiger partial charge in [0.05, 0.1) is 18.1 Å². The van der Waals surface area contributed by atoms with Gasteiger partial charge in [0.2, 0.25) is 5.88 Å². The van der Waals surface area contributed by atoms with E-state index >= 15 is 0 Å². The number of aryl methyl sites for hydroxylation is 2. The van der Waals surface area contributed by atoms with E-state index in [9.17, 15) is 22.8 Å². The molecule has 0 unspecified atom stereocenters. The van der Waals surface area contributed by atoms with Crippen LogP contribution in [0.25, 0.3) is 31.6 Å². The van der Waals surface area contributed by atoms with E-state index in [1.807, 2.05) is 12.1 Å². The Morgan fingerprint density at radius 2 is 2.00 bits per heavy atom. The van der Waals surface area contributed by atoms with Gasteiger partial charge in [0.1, 0.15) is 16.2 Å². The summed E-state index contributed by atoms with van der Waals surface area (Å²) >= 11 is 1.08.